The first-order chi connectivity index (χ1) is 11.3. The highest BCUT2D eigenvalue weighted by Gasteiger charge is 2.05. The number of carbonyl (C=O) groups is 1. The van der Waals surface area contributed by atoms with Gasteiger partial charge in [0.15, 0.2) is 0 Å². The molecule has 0 aliphatic heterocycles. The summed E-state index contributed by atoms with van der Waals surface area (Å²) >= 11 is 0. The zero-order chi connectivity index (χ0) is 16.1. The Balaban J connectivity index is 1.61. The first-order valence-corrected chi connectivity index (χ1v) is 7.46. The summed E-state index contributed by atoms with van der Waals surface area (Å²) in [6.45, 7) is 0.490. The molecule has 2 N–H and O–H groups in total. The molecule has 4 heteroatoms. The van der Waals surface area contributed by atoms with E-state index in [-0.39, 0.29) is 12.5 Å². The molecule has 0 aliphatic carbocycles. The molecule has 4 nitrogen and oxygen atoms in total. The number of nitrogens with zero attached hydrogens (tertiary/aromatic N) is 1. The Hall–Kier alpha value is -2.85. The van der Waals surface area contributed by atoms with Crippen molar-refractivity contribution in [3.63, 3.8) is 0 Å². The van der Waals surface area contributed by atoms with Gasteiger partial charge in [-0.25, -0.2) is 0 Å². The molecule has 3 aromatic rings. The molecule has 0 fully saturated rings. The molecule has 116 valence electrons. The van der Waals surface area contributed by atoms with Crippen LogP contribution in [0.5, 0.6) is 0 Å². The van der Waals surface area contributed by atoms with Gasteiger partial charge in [0.25, 0.3) is 5.91 Å². The van der Waals surface area contributed by atoms with Gasteiger partial charge in [0, 0.05) is 30.2 Å². The fourth-order valence-electron chi connectivity index (χ4n) is 2.34. The lowest BCUT2D eigenvalue weighted by Crippen LogP contribution is -2.22. The third-order valence-electron chi connectivity index (χ3n) is 3.69. The van der Waals surface area contributed by atoms with Crippen molar-refractivity contribution in [2.75, 3.05) is 0 Å². The second-order valence-corrected chi connectivity index (χ2v) is 5.29. The molecule has 0 radical (unpaired) electrons. The third kappa shape index (κ3) is 3.67. The second kappa shape index (κ2) is 6.94. The normalized spacial score (nSPS) is 10.5. The van der Waals surface area contributed by atoms with E-state index >= 15 is 0 Å². The van der Waals surface area contributed by atoms with Crippen LogP contribution in [-0.2, 0) is 13.2 Å². The van der Waals surface area contributed by atoms with Crippen molar-refractivity contribution in [1.29, 1.82) is 0 Å². The maximum absolute atomic E-state index is 12.2. The number of benzene rings is 2. The molecule has 0 spiro atoms. The predicted molar refractivity (Wildman–Crippen MR) is 89.3 cm³/mol. The molecule has 1 heterocycles. The van der Waals surface area contributed by atoms with Crippen LogP contribution in [0.1, 0.15) is 21.5 Å². The molecule has 23 heavy (non-hydrogen) atoms. The Morgan fingerprint density at radius 2 is 1.52 bits per heavy atom. The number of aromatic nitrogens is 1. The molecular weight excluding hydrogens is 288 g/mol. The fraction of sp³-hybridized carbons (Fsp3) is 0.105. The predicted octanol–water partition coefficient (Wildman–Crippen LogP) is 2.90. The molecule has 0 saturated carbocycles. The van der Waals surface area contributed by atoms with Crippen molar-refractivity contribution in [3.05, 3.63) is 89.7 Å². The van der Waals surface area contributed by atoms with Crippen LogP contribution in [0.15, 0.2) is 73.1 Å². The molecular formula is C19H18N2O2. The van der Waals surface area contributed by atoms with E-state index in [2.05, 4.69) is 5.32 Å². The largest absolute Gasteiger partial charge is 0.392 e. The van der Waals surface area contributed by atoms with Gasteiger partial charge in [-0.2, -0.15) is 0 Å². The van der Waals surface area contributed by atoms with E-state index in [0.717, 1.165) is 16.8 Å². The minimum atomic E-state index is -0.102. The summed E-state index contributed by atoms with van der Waals surface area (Å²) in [5.41, 5.74) is 3.51. The molecule has 0 saturated heterocycles. The van der Waals surface area contributed by atoms with Gasteiger partial charge in [0.05, 0.1) is 6.61 Å². The summed E-state index contributed by atoms with van der Waals surface area (Å²) in [4.78, 5) is 12.2. The van der Waals surface area contributed by atoms with Crippen LogP contribution in [-0.4, -0.2) is 15.6 Å². The van der Waals surface area contributed by atoms with Gasteiger partial charge in [-0.15, -0.1) is 0 Å². The van der Waals surface area contributed by atoms with E-state index < -0.39 is 0 Å². The van der Waals surface area contributed by atoms with Crippen LogP contribution in [0.2, 0.25) is 0 Å². The quantitative estimate of drug-likeness (QED) is 0.761. The van der Waals surface area contributed by atoms with Gasteiger partial charge < -0.3 is 15.0 Å². The van der Waals surface area contributed by atoms with Gasteiger partial charge in [-0.1, -0.05) is 24.3 Å². The summed E-state index contributed by atoms with van der Waals surface area (Å²) in [6, 6.07) is 18.9. The number of aliphatic hydroxyl groups excluding tert-OH is 1. The number of nitrogens with one attached hydrogen (secondary N) is 1. The third-order valence-corrected chi connectivity index (χ3v) is 3.69. The minimum absolute atomic E-state index is 0.0282. The maximum atomic E-state index is 12.2. The lowest BCUT2D eigenvalue weighted by Gasteiger charge is -2.07. The smallest absolute Gasteiger partial charge is 0.251 e. The van der Waals surface area contributed by atoms with Crippen LogP contribution in [0, 0.1) is 0 Å². The summed E-state index contributed by atoms with van der Waals surface area (Å²) in [5, 5.41) is 11.9. The number of hydrogen-bond acceptors (Lipinski definition) is 2. The monoisotopic (exact) mass is 306 g/mol. The van der Waals surface area contributed by atoms with Gasteiger partial charge >= 0.3 is 0 Å². The topological polar surface area (TPSA) is 54.3 Å². The fourth-order valence-corrected chi connectivity index (χ4v) is 2.34. The Bertz CT molecular complexity index is 760. The lowest BCUT2D eigenvalue weighted by atomic mass is 10.1. The first-order valence-electron chi connectivity index (χ1n) is 7.46. The SMILES string of the molecule is O=C(NCc1ccc(CO)cc1)c1ccc(-n2cccc2)cc1. The van der Waals surface area contributed by atoms with Crippen LogP contribution in [0.4, 0.5) is 0 Å². The molecule has 1 aromatic heterocycles. The van der Waals surface area contributed by atoms with E-state index in [9.17, 15) is 4.79 Å². The van der Waals surface area contributed by atoms with Gasteiger partial charge in [0.1, 0.15) is 0 Å². The average Bonchev–Trinajstić information content (AvgIpc) is 3.15. The zero-order valence-corrected chi connectivity index (χ0v) is 12.6. The Labute approximate surface area is 135 Å². The molecule has 0 bridgehead atoms. The summed E-state index contributed by atoms with van der Waals surface area (Å²) in [5.74, 6) is -0.102. The number of hydrogen-bond donors (Lipinski definition) is 2. The van der Waals surface area contributed by atoms with E-state index in [1.165, 1.54) is 0 Å². The molecule has 1 amide bonds. The van der Waals surface area contributed by atoms with Gasteiger partial charge in [0.2, 0.25) is 0 Å². The molecule has 0 atom stereocenters. The van der Waals surface area contributed by atoms with Gasteiger partial charge in [-0.3, -0.25) is 4.79 Å². The summed E-state index contributed by atoms with van der Waals surface area (Å²) < 4.78 is 1.99. The summed E-state index contributed by atoms with van der Waals surface area (Å²) in [6.07, 6.45) is 3.93. The standard InChI is InChI=1S/C19H18N2O2/c22-14-16-5-3-15(4-6-16)13-20-19(23)17-7-9-18(10-8-17)21-11-1-2-12-21/h1-12,22H,13-14H2,(H,20,23). The van der Waals surface area contributed by atoms with E-state index in [1.54, 1.807) is 0 Å². The van der Waals surface area contributed by atoms with Crippen LogP contribution >= 0.6 is 0 Å². The Morgan fingerprint density at radius 3 is 2.13 bits per heavy atom. The number of rotatable bonds is 5. The highest BCUT2D eigenvalue weighted by atomic mass is 16.3. The van der Waals surface area contributed by atoms with E-state index in [0.29, 0.717) is 12.1 Å². The zero-order valence-electron chi connectivity index (χ0n) is 12.6. The second-order valence-electron chi connectivity index (χ2n) is 5.29. The van der Waals surface area contributed by atoms with Crippen molar-refractivity contribution >= 4 is 5.91 Å². The number of aliphatic hydroxyl groups is 1. The van der Waals surface area contributed by atoms with Crippen molar-refractivity contribution in [2.45, 2.75) is 13.2 Å². The first kappa shape index (κ1) is 15.1. The highest BCUT2D eigenvalue weighted by molar-refractivity contribution is 5.94. The molecule has 3 rings (SSSR count). The maximum Gasteiger partial charge on any atom is 0.251 e. The van der Waals surface area contributed by atoms with E-state index in [4.69, 9.17) is 5.11 Å². The van der Waals surface area contributed by atoms with Gasteiger partial charge in [-0.05, 0) is 47.5 Å². The minimum Gasteiger partial charge on any atom is -0.392 e. The van der Waals surface area contributed by atoms with Crippen LogP contribution < -0.4 is 5.32 Å². The molecule has 2 aromatic carbocycles. The van der Waals surface area contributed by atoms with E-state index in [1.807, 2.05) is 77.6 Å². The lowest BCUT2D eigenvalue weighted by molar-refractivity contribution is 0.0951. The summed E-state index contributed by atoms with van der Waals surface area (Å²) in [7, 11) is 0. The Morgan fingerprint density at radius 1 is 0.913 bits per heavy atom. The van der Waals surface area contributed by atoms with Crippen LogP contribution in [0.25, 0.3) is 5.69 Å². The molecule has 0 unspecified atom stereocenters. The number of carbonyl (C=O) groups excluding carboxylic acids is 1. The average molecular weight is 306 g/mol. The molecule has 0 aliphatic rings. The van der Waals surface area contributed by atoms with Crippen molar-refractivity contribution < 1.29 is 9.90 Å². The van der Waals surface area contributed by atoms with Crippen LogP contribution in [0.3, 0.4) is 0 Å². The van der Waals surface area contributed by atoms with Crippen molar-refractivity contribution in [2.24, 2.45) is 0 Å². The highest BCUT2D eigenvalue weighted by Crippen LogP contribution is 2.10. The number of amides is 1. The van der Waals surface area contributed by atoms with Crippen molar-refractivity contribution in [3.8, 4) is 5.69 Å². The Kier molecular flexibility index (Phi) is 4.54. The van der Waals surface area contributed by atoms with Crippen molar-refractivity contribution in [1.82, 2.24) is 9.88 Å².